The lowest BCUT2D eigenvalue weighted by Crippen LogP contribution is -2.38. The van der Waals surface area contributed by atoms with E-state index in [1.54, 1.807) is 24.1 Å². The summed E-state index contributed by atoms with van der Waals surface area (Å²) in [4.78, 5) is 19.2. The highest BCUT2D eigenvalue weighted by molar-refractivity contribution is 5.77. The predicted molar refractivity (Wildman–Crippen MR) is 97.1 cm³/mol. The molecule has 0 atom stereocenters. The molecule has 0 unspecified atom stereocenters. The summed E-state index contributed by atoms with van der Waals surface area (Å²) in [6.45, 7) is 6.55. The predicted octanol–water partition coefficient (Wildman–Crippen LogP) is 3.14. The van der Waals surface area contributed by atoms with E-state index in [1.165, 1.54) is 5.56 Å². The first-order valence-electron chi connectivity index (χ1n) is 8.86. The Labute approximate surface area is 146 Å². The minimum Gasteiger partial charge on any atom is -0.494 e. The summed E-state index contributed by atoms with van der Waals surface area (Å²) in [5.74, 6) is 0.953. The number of amides is 1. The molecule has 5 heteroatoms. The van der Waals surface area contributed by atoms with E-state index in [9.17, 15) is 4.79 Å². The van der Waals surface area contributed by atoms with Crippen molar-refractivity contribution in [2.75, 3.05) is 40.4 Å². The Hall–Kier alpha value is -1.59. The first kappa shape index (κ1) is 20.5. The van der Waals surface area contributed by atoms with Crippen molar-refractivity contribution in [1.29, 1.82) is 0 Å². The molecule has 5 nitrogen and oxygen atoms in total. The van der Waals surface area contributed by atoms with Crippen molar-refractivity contribution in [2.45, 2.75) is 39.5 Å². The number of hydroxylamine groups is 2. The van der Waals surface area contributed by atoms with Crippen molar-refractivity contribution in [3.63, 3.8) is 0 Å². The zero-order valence-corrected chi connectivity index (χ0v) is 15.6. The summed E-state index contributed by atoms with van der Waals surface area (Å²) in [6, 6.07) is 8.15. The molecule has 136 valence electrons. The first-order chi connectivity index (χ1) is 11.6. The fourth-order valence-corrected chi connectivity index (χ4v) is 2.08. The van der Waals surface area contributed by atoms with Gasteiger partial charge in [-0.2, -0.15) is 5.06 Å². The van der Waals surface area contributed by atoms with E-state index in [1.807, 2.05) is 12.1 Å². The van der Waals surface area contributed by atoms with Crippen molar-refractivity contribution < 1.29 is 14.4 Å². The van der Waals surface area contributed by atoms with Gasteiger partial charge in [0, 0.05) is 20.6 Å². The molecule has 0 spiro atoms. The molecule has 1 aromatic carbocycles. The number of benzene rings is 1. The van der Waals surface area contributed by atoms with E-state index < -0.39 is 0 Å². The molecule has 0 aliphatic rings. The molecule has 24 heavy (non-hydrogen) atoms. The van der Waals surface area contributed by atoms with Gasteiger partial charge in [0.1, 0.15) is 12.3 Å². The Morgan fingerprint density at radius 3 is 2.58 bits per heavy atom. The molecule has 0 fully saturated rings. The van der Waals surface area contributed by atoms with Crippen LogP contribution < -0.4 is 4.74 Å². The lowest BCUT2D eigenvalue weighted by Gasteiger charge is -2.23. The van der Waals surface area contributed by atoms with Crippen molar-refractivity contribution in [2.24, 2.45) is 0 Å². The van der Waals surface area contributed by atoms with Crippen molar-refractivity contribution in [3.05, 3.63) is 29.8 Å². The Balaban J connectivity index is 2.55. The van der Waals surface area contributed by atoms with Gasteiger partial charge in [0.25, 0.3) is 0 Å². The molecule has 0 heterocycles. The third-order valence-corrected chi connectivity index (χ3v) is 3.60. The highest BCUT2D eigenvalue weighted by Gasteiger charge is 2.13. The molecule has 0 saturated carbocycles. The largest absolute Gasteiger partial charge is 0.494 e. The second-order valence-electron chi connectivity index (χ2n) is 6.08. The Morgan fingerprint density at radius 1 is 1.12 bits per heavy atom. The van der Waals surface area contributed by atoms with Gasteiger partial charge in [0.15, 0.2) is 0 Å². The van der Waals surface area contributed by atoms with E-state index in [0.29, 0.717) is 13.2 Å². The average Bonchev–Trinajstić information content (AvgIpc) is 2.57. The fraction of sp³-hybridized carbons (Fsp3) is 0.632. The number of carbonyl (C=O) groups is 1. The van der Waals surface area contributed by atoms with Crippen molar-refractivity contribution in [3.8, 4) is 5.75 Å². The van der Waals surface area contributed by atoms with Crippen LogP contribution >= 0.6 is 0 Å². The number of hydrogen-bond donors (Lipinski definition) is 0. The number of carbonyl (C=O) groups excluding carboxylic acids is 1. The third kappa shape index (κ3) is 8.31. The number of likely N-dealkylation sites (N-methyl/N-ethyl adjacent to an activating group) is 1. The average molecular weight is 336 g/mol. The molecular weight excluding hydrogens is 304 g/mol. The molecule has 1 amide bonds. The summed E-state index contributed by atoms with van der Waals surface area (Å²) in [6.07, 6.45) is 3.93. The van der Waals surface area contributed by atoms with Gasteiger partial charge in [-0.3, -0.25) is 9.63 Å². The molecule has 0 aliphatic heterocycles. The number of nitrogens with zero attached hydrogens (tertiary/aromatic N) is 2. The van der Waals surface area contributed by atoms with E-state index in [0.717, 1.165) is 38.0 Å². The van der Waals surface area contributed by atoms with Crippen LogP contribution in [0.5, 0.6) is 5.75 Å². The summed E-state index contributed by atoms with van der Waals surface area (Å²) < 4.78 is 5.75. The lowest BCUT2D eigenvalue weighted by atomic mass is 10.1. The van der Waals surface area contributed by atoms with Crippen LogP contribution in [0, 0.1) is 0 Å². The highest BCUT2D eigenvalue weighted by atomic mass is 16.7. The van der Waals surface area contributed by atoms with Crippen LogP contribution in [0.4, 0.5) is 0 Å². The molecule has 0 aliphatic carbocycles. The van der Waals surface area contributed by atoms with Crippen LogP contribution in [0.15, 0.2) is 24.3 Å². The van der Waals surface area contributed by atoms with Gasteiger partial charge in [0.05, 0.1) is 13.2 Å². The lowest BCUT2D eigenvalue weighted by molar-refractivity contribution is -0.171. The molecule has 0 radical (unpaired) electrons. The zero-order chi connectivity index (χ0) is 17.8. The normalized spacial score (nSPS) is 10.9. The van der Waals surface area contributed by atoms with Gasteiger partial charge in [0.2, 0.25) is 5.91 Å². The fourth-order valence-electron chi connectivity index (χ4n) is 2.08. The van der Waals surface area contributed by atoms with Crippen LogP contribution in [-0.4, -0.2) is 56.3 Å². The maximum atomic E-state index is 11.9. The maximum absolute atomic E-state index is 11.9. The first-order valence-corrected chi connectivity index (χ1v) is 8.86. The topological polar surface area (TPSA) is 42.0 Å². The Morgan fingerprint density at radius 2 is 1.92 bits per heavy atom. The summed E-state index contributed by atoms with van der Waals surface area (Å²) in [5.41, 5.74) is 1.19. The number of rotatable bonds is 12. The minimum atomic E-state index is 0.0442. The van der Waals surface area contributed by atoms with Crippen LogP contribution in [0.25, 0.3) is 0 Å². The molecule has 0 saturated heterocycles. The smallest absolute Gasteiger partial charge is 0.238 e. The van der Waals surface area contributed by atoms with Crippen molar-refractivity contribution >= 4 is 5.91 Å². The quantitative estimate of drug-likeness (QED) is 0.434. The molecule has 0 bridgehead atoms. The zero-order valence-electron chi connectivity index (χ0n) is 15.6. The molecule has 1 aromatic rings. The van der Waals surface area contributed by atoms with Crippen LogP contribution in [0.2, 0.25) is 0 Å². The summed E-state index contributed by atoms with van der Waals surface area (Å²) in [5, 5.41) is 1.76. The van der Waals surface area contributed by atoms with Crippen LogP contribution in [0.1, 0.15) is 38.7 Å². The number of hydrogen-bond acceptors (Lipinski definition) is 4. The van der Waals surface area contributed by atoms with E-state index in [4.69, 9.17) is 9.57 Å². The van der Waals surface area contributed by atoms with Crippen LogP contribution in [-0.2, 0) is 16.1 Å². The van der Waals surface area contributed by atoms with E-state index in [2.05, 4.69) is 26.0 Å². The number of unbranched alkanes of at least 4 members (excludes halogenated alkanes) is 1. The SMILES string of the molecule is CCCCOc1cccc(CCN(CC(=O)N(C)C)OCCC)c1. The highest BCUT2D eigenvalue weighted by Crippen LogP contribution is 2.15. The van der Waals surface area contributed by atoms with Crippen molar-refractivity contribution in [1.82, 2.24) is 9.96 Å². The second kappa shape index (κ2) is 11.9. The Bertz CT molecular complexity index is 477. The van der Waals surface area contributed by atoms with Gasteiger partial charge < -0.3 is 9.64 Å². The van der Waals surface area contributed by atoms with Crippen LogP contribution in [0.3, 0.4) is 0 Å². The molecular formula is C19H32N2O3. The molecule has 0 N–H and O–H groups in total. The molecule has 1 rings (SSSR count). The summed E-state index contributed by atoms with van der Waals surface area (Å²) >= 11 is 0. The van der Waals surface area contributed by atoms with E-state index in [-0.39, 0.29) is 12.5 Å². The van der Waals surface area contributed by atoms with Gasteiger partial charge in [-0.25, -0.2) is 0 Å². The standard InChI is InChI=1S/C19H32N2O3/c1-5-7-14-23-18-10-8-9-17(15-18)11-12-21(24-13-6-2)16-19(22)20(3)4/h8-10,15H,5-7,11-14,16H2,1-4H3. The molecule has 0 aromatic heterocycles. The van der Waals surface area contributed by atoms with E-state index >= 15 is 0 Å². The minimum absolute atomic E-state index is 0.0442. The van der Waals surface area contributed by atoms with Gasteiger partial charge in [-0.05, 0) is 37.0 Å². The summed E-state index contributed by atoms with van der Waals surface area (Å²) in [7, 11) is 3.52. The third-order valence-electron chi connectivity index (χ3n) is 3.60. The second-order valence-corrected chi connectivity index (χ2v) is 6.08. The Kier molecular flexibility index (Phi) is 10.1. The van der Waals surface area contributed by atoms with Gasteiger partial charge >= 0.3 is 0 Å². The monoisotopic (exact) mass is 336 g/mol. The number of ether oxygens (including phenoxy) is 1. The van der Waals surface area contributed by atoms with Gasteiger partial charge in [-0.15, -0.1) is 0 Å². The van der Waals surface area contributed by atoms with Gasteiger partial charge in [-0.1, -0.05) is 32.4 Å². The maximum Gasteiger partial charge on any atom is 0.238 e.